The molecule has 0 aliphatic heterocycles. The molecule has 0 aliphatic rings. The Morgan fingerprint density at radius 2 is 2.06 bits per heavy atom. The minimum absolute atomic E-state index is 0.161. The molecule has 0 bridgehead atoms. The van der Waals surface area contributed by atoms with Crippen molar-refractivity contribution in [1.82, 2.24) is 4.90 Å². The van der Waals surface area contributed by atoms with Crippen molar-refractivity contribution in [1.29, 1.82) is 0 Å². The van der Waals surface area contributed by atoms with Gasteiger partial charge in [0, 0.05) is 20.0 Å². The van der Waals surface area contributed by atoms with Gasteiger partial charge in [0.05, 0.1) is 0 Å². The van der Waals surface area contributed by atoms with Gasteiger partial charge in [0.1, 0.15) is 0 Å². The Kier molecular flexibility index (Phi) is 4.99. The molecule has 0 fully saturated rings. The second kappa shape index (κ2) is 6.28. The van der Waals surface area contributed by atoms with Crippen molar-refractivity contribution in [2.45, 2.75) is 26.3 Å². The molecule has 88 valence electrons. The summed E-state index contributed by atoms with van der Waals surface area (Å²) in [6, 6.07) is 8.13. The zero-order valence-corrected chi connectivity index (χ0v) is 10.1. The average Bonchev–Trinajstić information content (AvgIpc) is 2.28. The molecule has 0 atom stereocenters. The van der Waals surface area contributed by atoms with Crippen molar-refractivity contribution in [3.63, 3.8) is 0 Å². The van der Waals surface area contributed by atoms with Crippen LogP contribution in [0.3, 0.4) is 0 Å². The zero-order valence-electron chi connectivity index (χ0n) is 10.1. The first-order chi connectivity index (χ1) is 7.65. The highest BCUT2D eigenvalue weighted by atomic mass is 16.2. The third kappa shape index (κ3) is 3.66. The predicted octanol–water partition coefficient (Wildman–Crippen LogP) is 1.69. The molecule has 1 aromatic carbocycles. The third-order valence-corrected chi connectivity index (χ3v) is 2.69. The van der Waals surface area contributed by atoms with E-state index in [9.17, 15) is 4.79 Å². The summed E-state index contributed by atoms with van der Waals surface area (Å²) < 4.78 is 0. The van der Waals surface area contributed by atoms with E-state index in [1.165, 1.54) is 11.1 Å². The molecule has 16 heavy (non-hydrogen) atoms. The number of amides is 1. The molecule has 0 unspecified atom stereocenters. The van der Waals surface area contributed by atoms with E-state index in [0.29, 0.717) is 19.5 Å². The van der Waals surface area contributed by atoms with E-state index in [1.54, 1.807) is 4.90 Å². The van der Waals surface area contributed by atoms with E-state index < -0.39 is 0 Å². The van der Waals surface area contributed by atoms with Crippen LogP contribution in [0.5, 0.6) is 0 Å². The van der Waals surface area contributed by atoms with Gasteiger partial charge in [0.15, 0.2) is 0 Å². The molecule has 3 nitrogen and oxygen atoms in total. The van der Waals surface area contributed by atoms with Crippen molar-refractivity contribution in [2.75, 3.05) is 13.6 Å². The molecule has 3 heteroatoms. The van der Waals surface area contributed by atoms with E-state index >= 15 is 0 Å². The molecule has 0 radical (unpaired) electrons. The van der Waals surface area contributed by atoms with Crippen LogP contribution in [0.1, 0.15) is 24.0 Å². The van der Waals surface area contributed by atoms with Crippen LogP contribution in [-0.4, -0.2) is 24.4 Å². The second-order valence-electron chi connectivity index (χ2n) is 4.07. The standard InChI is InChI=1S/C13H20N2O/c1-11-6-3-4-7-12(11)10-15(2)13(16)8-5-9-14/h3-4,6-7H,5,8-10,14H2,1-2H3. The Labute approximate surface area is 97.2 Å². The Balaban J connectivity index is 2.54. The number of nitrogens with zero attached hydrogens (tertiary/aromatic N) is 1. The normalized spacial score (nSPS) is 10.2. The molecule has 0 aliphatic carbocycles. The lowest BCUT2D eigenvalue weighted by Gasteiger charge is -2.18. The number of benzene rings is 1. The first kappa shape index (κ1) is 12.7. The lowest BCUT2D eigenvalue weighted by Crippen LogP contribution is -2.26. The third-order valence-electron chi connectivity index (χ3n) is 2.69. The van der Waals surface area contributed by atoms with Gasteiger partial charge in [-0.15, -0.1) is 0 Å². The average molecular weight is 220 g/mol. The number of aryl methyl sites for hydroxylation is 1. The van der Waals surface area contributed by atoms with Crippen LogP contribution in [0.2, 0.25) is 0 Å². The lowest BCUT2D eigenvalue weighted by atomic mass is 10.1. The number of hydrogen-bond acceptors (Lipinski definition) is 2. The largest absolute Gasteiger partial charge is 0.341 e. The Bertz CT molecular complexity index is 350. The summed E-state index contributed by atoms with van der Waals surface area (Å²) in [5.74, 6) is 0.161. The number of hydrogen-bond donors (Lipinski definition) is 1. The topological polar surface area (TPSA) is 46.3 Å². The Hall–Kier alpha value is -1.35. The number of carbonyl (C=O) groups is 1. The summed E-state index contributed by atoms with van der Waals surface area (Å²) in [7, 11) is 1.84. The van der Waals surface area contributed by atoms with Gasteiger partial charge in [-0.2, -0.15) is 0 Å². The van der Waals surface area contributed by atoms with Gasteiger partial charge in [-0.25, -0.2) is 0 Å². The predicted molar refractivity (Wildman–Crippen MR) is 65.9 cm³/mol. The van der Waals surface area contributed by atoms with Crippen molar-refractivity contribution >= 4 is 5.91 Å². The monoisotopic (exact) mass is 220 g/mol. The van der Waals surface area contributed by atoms with Crippen molar-refractivity contribution < 1.29 is 4.79 Å². The zero-order chi connectivity index (χ0) is 12.0. The highest BCUT2D eigenvalue weighted by Crippen LogP contribution is 2.10. The fraction of sp³-hybridized carbons (Fsp3) is 0.462. The lowest BCUT2D eigenvalue weighted by molar-refractivity contribution is -0.130. The molecular formula is C13H20N2O. The highest BCUT2D eigenvalue weighted by Gasteiger charge is 2.09. The Morgan fingerprint density at radius 3 is 2.69 bits per heavy atom. The highest BCUT2D eigenvalue weighted by molar-refractivity contribution is 5.75. The van der Waals surface area contributed by atoms with Crippen LogP contribution < -0.4 is 5.73 Å². The maximum absolute atomic E-state index is 11.7. The van der Waals surface area contributed by atoms with Gasteiger partial charge in [-0.1, -0.05) is 24.3 Å². The maximum Gasteiger partial charge on any atom is 0.222 e. The number of rotatable bonds is 5. The van der Waals surface area contributed by atoms with Gasteiger partial charge >= 0.3 is 0 Å². The van der Waals surface area contributed by atoms with Crippen LogP contribution in [0.15, 0.2) is 24.3 Å². The van der Waals surface area contributed by atoms with Crippen LogP contribution >= 0.6 is 0 Å². The molecule has 1 aromatic rings. The first-order valence-electron chi connectivity index (χ1n) is 5.63. The van der Waals surface area contributed by atoms with Crippen molar-refractivity contribution in [2.24, 2.45) is 5.73 Å². The fourth-order valence-electron chi connectivity index (χ4n) is 1.58. The SMILES string of the molecule is Cc1ccccc1CN(C)C(=O)CCCN. The quantitative estimate of drug-likeness (QED) is 0.821. The van der Waals surface area contributed by atoms with Gasteiger partial charge in [0.25, 0.3) is 0 Å². The summed E-state index contributed by atoms with van der Waals surface area (Å²) in [6.45, 7) is 3.31. The Morgan fingerprint density at radius 1 is 1.38 bits per heavy atom. The molecule has 2 N–H and O–H groups in total. The minimum Gasteiger partial charge on any atom is -0.341 e. The van der Waals surface area contributed by atoms with Crippen molar-refractivity contribution in [3.05, 3.63) is 35.4 Å². The molecule has 1 rings (SSSR count). The summed E-state index contributed by atoms with van der Waals surface area (Å²) in [5, 5.41) is 0. The molecule has 0 aromatic heterocycles. The van der Waals surface area contributed by atoms with Crippen LogP contribution in [-0.2, 0) is 11.3 Å². The van der Waals surface area contributed by atoms with E-state index in [0.717, 1.165) is 6.42 Å². The van der Waals surface area contributed by atoms with E-state index in [4.69, 9.17) is 5.73 Å². The van der Waals surface area contributed by atoms with Crippen LogP contribution in [0, 0.1) is 6.92 Å². The van der Waals surface area contributed by atoms with Crippen LogP contribution in [0.25, 0.3) is 0 Å². The molecule has 0 heterocycles. The molecule has 0 saturated heterocycles. The number of nitrogens with two attached hydrogens (primary N) is 1. The fourth-order valence-corrected chi connectivity index (χ4v) is 1.58. The van der Waals surface area contributed by atoms with E-state index in [-0.39, 0.29) is 5.91 Å². The molecule has 1 amide bonds. The second-order valence-corrected chi connectivity index (χ2v) is 4.07. The minimum atomic E-state index is 0.161. The van der Waals surface area contributed by atoms with Crippen molar-refractivity contribution in [3.8, 4) is 0 Å². The van der Waals surface area contributed by atoms with Gasteiger partial charge < -0.3 is 10.6 Å². The maximum atomic E-state index is 11.7. The van der Waals surface area contributed by atoms with E-state index in [2.05, 4.69) is 19.1 Å². The van der Waals surface area contributed by atoms with E-state index in [1.807, 2.05) is 19.2 Å². The molecule has 0 saturated carbocycles. The van der Waals surface area contributed by atoms with Gasteiger partial charge in [-0.3, -0.25) is 4.79 Å². The smallest absolute Gasteiger partial charge is 0.222 e. The summed E-state index contributed by atoms with van der Waals surface area (Å²) in [6.07, 6.45) is 1.30. The summed E-state index contributed by atoms with van der Waals surface area (Å²) >= 11 is 0. The van der Waals surface area contributed by atoms with Gasteiger partial charge in [0.2, 0.25) is 5.91 Å². The summed E-state index contributed by atoms with van der Waals surface area (Å²) in [4.78, 5) is 13.4. The molecular weight excluding hydrogens is 200 g/mol. The van der Waals surface area contributed by atoms with Crippen LogP contribution in [0.4, 0.5) is 0 Å². The first-order valence-corrected chi connectivity index (χ1v) is 5.63. The summed E-state index contributed by atoms with van der Waals surface area (Å²) in [5.41, 5.74) is 7.81. The molecule has 0 spiro atoms. The number of carbonyl (C=O) groups excluding carboxylic acids is 1. The van der Waals surface area contributed by atoms with Gasteiger partial charge in [-0.05, 0) is 31.0 Å².